The van der Waals surface area contributed by atoms with Gasteiger partial charge in [0, 0.05) is 5.56 Å². The quantitative estimate of drug-likeness (QED) is 0.467. The van der Waals surface area contributed by atoms with Crippen LogP contribution < -0.4 is 4.74 Å². The summed E-state index contributed by atoms with van der Waals surface area (Å²) in [6.45, 7) is -0.155. The van der Waals surface area contributed by atoms with Gasteiger partial charge in [0.25, 0.3) is 0 Å². The summed E-state index contributed by atoms with van der Waals surface area (Å²) in [6.07, 6.45) is 3.30. The van der Waals surface area contributed by atoms with Crippen molar-refractivity contribution in [2.75, 3.05) is 13.7 Å². The maximum Gasteiger partial charge on any atom is 0.343 e. The van der Waals surface area contributed by atoms with Crippen molar-refractivity contribution in [1.82, 2.24) is 0 Å². The Labute approximate surface area is 129 Å². The highest BCUT2D eigenvalue weighted by Crippen LogP contribution is 2.13. The molecule has 0 saturated carbocycles. The van der Waals surface area contributed by atoms with E-state index in [-0.39, 0.29) is 12.4 Å². The second kappa shape index (κ2) is 7.78. The zero-order valence-electron chi connectivity index (χ0n) is 12.2. The van der Waals surface area contributed by atoms with Crippen molar-refractivity contribution in [1.29, 1.82) is 0 Å². The second-order valence-electron chi connectivity index (χ2n) is 4.50. The third-order valence-electron chi connectivity index (χ3n) is 2.95. The molecule has 112 valence electrons. The van der Waals surface area contributed by atoms with E-state index in [1.807, 2.05) is 30.3 Å². The Kier molecular flexibility index (Phi) is 5.49. The lowest BCUT2D eigenvalue weighted by Crippen LogP contribution is -2.12. The van der Waals surface area contributed by atoms with Crippen LogP contribution in [0.3, 0.4) is 0 Å². The van der Waals surface area contributed by atoms with Crippen molar-refractivity contribution in [3.8, 4) is 5.75 Å². The van der Waals surface area contributed by atoms with Crippen LogP contribution in [0.1, 0.15) is 15.9 Å². The average molecular weight is 296 g/mol. The number of benzene rings is 2. The van der Waals surface area contributed by atoms with Crippen molar-refractivity contribution in [3.63, 3.8) is 0 Å². The van der Waals surface area contributed by atoms with E-state index in [0.29, 0.717) is 11.3 Å². The van der Waals surface area contributed by atoms with Crippen molar-refractivity contribution < 1.29 is 19.1 Å². The molecule has 0 aliphatic rings. The molecule has 0 unspecified atom stereocenters. The van der Waals surface area contributed by atoms with Crippen LogP contribution in [0.5, 0.6) is 5.75 Å². The van der Waals surface area contributed by atoms with Gasteiger partial charge in [0.2, 0.25) is 0 Å². The average Bonchev–Trinajstić information content (AvgIpc) is 2.59. The van der Waals surface area contributed by atoms with Gasteiger partial charge in [0.1, 0.15) is 5.75 Å². The first kappa shape index (κ1) is 15.5. The minimum Gasteiger partial charge on any atom is -0.482 e. The molecule has 0 heterocycles. The number of ether oxygens (including phenoxy) is 2. The number of carbonyl (C=O) groups is 2. The summed E-state index contributed by atoms with van der Waals surface area (Å²) >= 11 is 0. The number of carbonyl (C=O) groups excluding carboxylic acids is 2. The lowest BCUT2D eigenvalue weighted by Gasteiger charge is -2.04. The molecule has 0 bridgehead atoms. The molecule has 0 N–H and O–H groups in total. The van der Waals surface area contributed by atoms with E-state index < -0.39 is 5.97 Å². The van der Waals surface area contributed by atoms with E-state index in [0.717, 1.165) is 5.56 Å². The smallest absolute Gasteiger partial charge is 0.343 e. The molecule has 4 heteroatoms. The van der Waals surface area contributed by atoms with Gasteiger partial charge in [-0.05, 0) is 35.9 Å². The molecule has 0 atom stereocenters. The highest BCUT2D eigenvalue weighted by molar-refractivity contribution is 6.06. The zero-order valence-corrected chi connectivity index (χ0v) is 12.2. The molecule has 22 heavy (non-hydrogen) atoms. The minimum atomic E-state index is -0.453. The molecule has 0 aromatic heterocycles. The summed E-state index contributed by atoms with van der Waals surface area (Å²) in [7, 11) is 1.30. The maximum absolute atomic E-state index is 12.0. The lowest BCUT2D eigenvalue weighted by atomic mass is 10.1. The summed E-state index contributed by atoms with van der Waals surface area (Å²) in [6, 6.07) is 16.2. The van der Waals surface area contributed by atoms with E-state index >= 15 is 0 Å². The van der Waals surface area contributed by atoms with Gasteiger partial charge in [-0.15, -0.1) is 0 Å². The van der Waals surface area contributed by atoms with E-state index in [9.17, 15) is 9.59 Å². The Balaban J connectivity index is 1.96. The first-order valence-corrected chi connectivity index (χ1v) is 6.76. The number of methoxy groups -OCH3 is 1. The monoisotopic (exact) mass is 296 g/mol. The van der Waals surface area contributed by atoms with E-state index in [4.69, 9.17) is 4.74 Å². The van der Waals surface area contributed by atoms with Crippen LogP contribution in [-0.2, 0) is 9.53 Å². The molecule has 0 amide bonds. The predicted molar refractivity (Wildman–Crippen MR) is 83.8 cm³/mol. The summed E-state index contributed by atoms with van der Waals surface area (Å²) in [5, 5.41) is 0. The molecule has 0 aliphatic carbocycles. The van der Waals surface area contributed by atoms with Crippen molar-refractivity contribution in [2.45, 2.75) is 0 Å². The molecule has 2 rings (SSSR count). The zero-order chi connectivity index (χ0) is 15.8. The van der Waals surface area contributed by atoms with Gasteiger partial charge in [0.05, 0.1) is 7.11 Å². The minimum absolute atomic E-state index is 0.0941. The largest absolute Gasteiger partial charge is 0.482 e. The van der Waals surface area contributed by atoms with Crippen molar-refractivity contribution in [3.05, 3.63) is 71.8 Å². The Bertz CT molecular complexity index is 657. The fraction of sp³-hybridized carbons (Fsp3) is 0.111. The van der Waals surface area contributed by atoms with E-state index in [1.165, 1.54) is 13.2 Å². The van der Waals surface area contributed by atoms with Crippen LogP contribution in [0, 0.1) is 0 Å². The molecule has 0 fully saturated rings. The van der Waals surface area contributed by atoms with Gasteiger partial charge in [0.15, 0.2) is 12.4 Å². The molecule has 0 aliphatic heterocycles. The summed E-state index contributed by atoms with van der Waals surface area (Å²) in [5.74, 6) is -0.0386. The van der Waals surface area contributed by atoms with Gasteiger partial charge in [-0.3, -0.25) is 4.79 Å². The van der Waals surface area contributed by atoms with Gasteiger partial charge >= 0.3 is 5.97 Å². The Morgan fingerprint density at radius 2 is 1.68 bits per heavy atom. The first-order valence-electron chi connectivity index (χ1n) is 6.76. The topological polar surface area (TPSA) is 52.6 Å². The highest BCUT2D eigenvalue weighted by atomic mass is 16.6. The van der Waals surface area contributed by atoms with Crippen LogP contribution in [0.4, 0.5) is 0 Å². The lowest BCUT2D eigenvalue weighted by molar-refractivity contribution is -0.142. The van der Waals surface area contributed by atoms with Crippen LogP contribution in [0.25, 0.3) is 6.08 Å². The van der Waals surface area contributed by atoms with Gasteiger partial charge < -0.3 is 9.47 Å². The standard InChI is InChI=1S/C18H16O4/c1-21-18(20)13-22-16-10-8-15(9-11-16)17(19)12-7-14-5-3-2-4-6-14/h2-12H,13H2,1H3/b12-7+. The summed E-state index contributed by atoms with van der Waals surface area (Å²) in [5.41, 5.74) is 1.52. The maximum atomic E-state index is 12.0. The van der Waals surface area contributed by atoms with E-state index in [1.54, 1.807) is 30.3 Å². The van der Waals surface area contributed by atoms with Gasteiger partial charge in [-0.1, -0.05) is 36.4 Å². The molecule has 0 radical (unpaired) electrons. The fourth-order valence-electron chi connectivity index (χ4n) is 1.75. The molecule has 2 aromatic rings. The molecule has 0 saturated heterocycles. The summed E-state index contributed by atoms with van der Waals surface area (Å²) < 4.78 is 9.70. The van der Waals surface area contributed by atoms with Gasteiger partial charge in [-0.2, -0.15) is 0 Å². The Hall–Kier alpha value is -2.88. The number of ketones is 1. The predicted octanol–water partition coefficient (Wildman–Crippen LogP) is 3.13. The highest BCUT2D eigenvalue weighted by Gasteiger charge is 2.04. The normalized spacial score (nSPS) is 10.4. The molecule has 0 spiro atoms. The fourth-order valence-corrected chi connectivity index (χ4v) is 1.75. The van der Waals surface area contributed by atoms with Crippen LogP contribution >= 0.6 is 0 Å². The number of hydrogen-bond acceptors (Lipinski definition) is 4. The van der Waals surface area contributed by atoms with Crippen LogP contribution in [-0.4, -0.2) is 25.5 Å². The van der Waals surface area contributed by atoms with Crippen LogP contribution in [0.15, 0.2) is 60.7 Å². The van der Waals surface area contributed by atoms with E-state index in [2.05, 4.69) is 4.74 Å². The third kappa shape index (κ3) is 4.59. The van der Waals surface area contributed by atoms with Crippen molar-refractivity contribution >= 4 is 17.8 Å². The first-order chi connectivity index (χ1) is 10.7. The Morgan fingerprint density at radius 3 is 2.32 bits per heavy atom. The van der Waals surface area contributed by atoms with Crippen molar-refractivity contribution in [2.24, 2.45) is 0 Å². The number of hydrogen-bond donors (Lipinski definition) is 0. The molecule has 4 nitrogen and oxygen atoms in total. The summed E-state index contributed by atoms with van der Waals surface area (Å²) in [4.78, 5) is 23.0. The second-order valence-corrected chi connectivity index (χ2v) is 4.50. The number of allylic oxidation sites excluding steroid dienone is 1. The Morgan fingerprint density at radius 1 is 1.00 bits per heavy atom. The number of rotatable bonds is 6. The SMILES string of the molecule is COC(=O)COc1ccc(C(=O)/C=C/c2ccccc2)cc1. The number of esters is 1. The molecular weight excluding hydrogens is 280 g/mol. The van der Waals surface area contributed by atoms with Gasteiger partial charge in [-0.25, -0.2) is 4.79 Å². The third-order valence-corrected chi connectivity index (χ3v) is 2.95. The molecule has 2 aromatic carbocycles. The molecular formula is C18H16O4. The van der Waals surface area contributed by atoms with Crippen LogP contribution in [0.2, 0.25) is 0 Å².